The summed E-state index contributed by atoms with van der Waals surface area (Å²) in [4.78, 5) is 22.9. The number of carboxylic acids is 1. The monoisotopic (exact) mass is 239 g/mol. The van der Waals surface area contributed by atoms with Crippen LogP contribution in [0.25, 0.3) is 0 Å². The third-order valence-corrected chi connectivity index (χ3v) is 2.70. The van der Waals surface area contributed by atoms with E-state index in [4.69, 9.17) is 5.11 Å². The second-order valence-electron chi connectivity index (χ2n) is 3.95. The molecule has 1 N–H and O–H groups in total. The van der Waals surface area contributed by atoms with Crippen LogP contribution in [0.1, 0.15) is 13.3 Å². The van der Waals surface area contributed by atoms with E-state index < -0.39 is 36.3 Å². The molecular weight excluding hydrogens is 227 g/mol. The van der Waals surface area contributed by atoms with Crippen LogP contribution >= 0.6 is 0 Å². The van der Waals surface area contributed by atoms with Crippen molar-refractivity contribution >= 4 is 11.9 Å². The Bertz CT molecular complexity index is 303. The number of hydrogen-bond acceptors (Lipinski definition) is 2. The average molecular weight is 239 g/mol. The fourth-order valence-corrected chi connectivity index (χ4v) is 1.91. The number of carbonyl (C=O) groups is 2. The molecule has 0 spiro atoms. The molecule has 0 aromatic carbocycles. The highest BCUT2D eigenvalue weighted by Gasteiger charge is 2.44. The van der Waals surface area contributed by atoms with Gasteiger partial charge >= 0.3 is 12.1 Å². The maximum atomic E-state index is 12.2. The third kappa shape index (κ3) is 3.11. The van der Waals surface area contributed by atoms with Gasteiger partial charge in [0.2, 0.25) is 5.91 Å². The van der Waals surface area contributed by atoms with Gasteiger partial charge in [0.05, 0.1) is 5.92 Å². The first-order chi connectivity index (χ1) is 7.20. The van der Waals surface area contributed by atoms with E-state index in [-0.39, 0.29) is 13.1 Å². The summed E-state index contributed by atoms with van der Waals surface area (Å²) >= 11 is 0. The molecule has 1 saturated heterocycles. The summed E-state index contributed by atoms with van der Waals surface area (Å²) in [5.41, 5.74) is 0. The van der Waals surface area contributed by atoms with Gasteiger partial charge in [-0.3, -0.25) is 9.59 Å². The molecule has 0 aliphatic carbocycles. The first-order valence-corrected chi connectivity index (χ1v) is 4.76. The number of nitrogens with zero attached hydrogens (tertiary/aromatic N) is 1. The van der Waals surface area contributed by atoms with Gasteiger partial charge in [-0.15, -0.1) is 0 Å². The minimum absolute atomic E-state index is 0.133. The molecule has 1 aliphatic rings. The van der Waals surface area contributed by atoms with Gasteiger partial charge in [-0.25, -0.2) is 0 Å². The van der Waals surface area contributed by atoms with E-state index in [1.807, 2.05) is 0 Å². The van der Waals surface area contributed by atoms with Crippen LogP contribution < -0.4 is 0 Å². The lowest BCUT2D eigenvalue weighted by atomic mass is 9.93. The lowest BCUT2D eigenvalue weighted by Crippen LogP contribution is -2.27. The Balaban J connectivity index is 2.74. The number of aliphatic carboxylic acids is 1. The van der Waals surface area contributed by atoms with Gasteiger partial charge in [0.1, 0.15) is 0 Å². The van der Waals surface area contributed by atoms with Crippen LogP contribution in [0, 0.1) is 11.8 Å². The predicted octanol–water partition coefficient (Wildman–Crippen LogP) is 1.12. The zero-order valence-electron chi connectivity index (χ0n) is 8.62. The van der Waals surface area contributed by atoms with Crippen LogP contribution in [0.3, 0.4) is 0 Å². The lowest BCUT2D eigenvalue weighted by molar-refractivity contribution is -0.154. The van der Waals surface area contributed by atoms with Crippen LogP contribution in [0.15, 0.2) is 0 Å². The standard InChI is InChI=1S/C9H12F3NO3/c1-5(14)13-3-6(2-9(10,11)12)7(4-13)8(15)16/h6-7H,2-4H2,1H3,(H,15,16)/t6-,7-/m1/s1. The van der Waals surface area contributed by atoms with Gasteiger partial charge in [0.15, 0.2) is 0 Å². The van der Waals surface area contributed by atoms with E-state index in [0.29, 0.717) is 0 Å². The minimum Gasteiger partial charge on any atom is -0.481 e. The number of carboxylic acid groups (broad SMARTS) is 1. The van der Waals surface area contributed by atoms with Crippen molar-refractivity contribution in [2.45, 2.75) is 19.5 Å². The van der Waals surface area contributed by atoms with Crippen LogP contribution in [-0.2, 0) is 9.59 Å². The first-order valence-electron chi connectivity index (χ1n) is 4.76. The topological polar surface area (TPSA) is 57.6 Å². The van der Waals surface area contributed by atoms with Gasteiger partial charge in [0, 0.05) is 32.4 Å². The number of carbonyl (C=O) groups excluding carboxylic acids is 1. The van der Waals surface area contributed by atoms with E-state index >= 15 is 0 Å². The molecule has 1 amide bonds. The van der Waals surface area contributed by atoms with Gasteiger partial charge in [-0.05, 0) is 0 Å². The maximum absolute atomic E-state index is 12.2. The first kappa shape index (κ1) is 12.8. The van der Waals surface area contributed by atoms with Crippen molar-refractivity contribution in [3.05, 3.63) is 0 Å². The summed E-state index contributed by atoms with van der Waals surface area (Å²) in [6.07, 6.45) is -5.56. The Hall–Kier alpha value is -1.27. The second-order valence-corrected chi connectivity index (χ2v) is 3.95. The van der Waals surface area contributed by atoms with Crippen molar-refractivity contribution in [3.63, 3.8) is 0 Å². The van der Waals surface area contributed by atoms with E-state index in [2.05, 4.69) is 0 Å². The summed E-state index contributed by atoms with van der Waals surface area (Å²) in [7, 11) is 0. The van der Waals surface area contributed by atoms with Crippen LogP contribution in [0.2, 0.25) is 0 Å². The highest BCUT2D eigenvalue weighted by molar-refractivity contribution is 5.77. The van der Waals surface area contributed by atoms with Crippen LogP contribution in [0.5, 0.6) is 0 Å². The van der Waals surface area contributed by atoms with Crippen molar-refractivity contribution in [1.82, 2.24) is 4.90 Å². The normalized spacial score (nSPS) is 25.9. The Kier molecular flexibility index (Phi) is 3.44. The van der Waals surface area contributed by atoms with E-state index in [9.17, 15) is 22.8 Å². The average Bonchev–Trinajstić information content (AvgIpc) is 2.44. The zero-order chi connectivity index (χ0) is 12.5. The number of alkyl halides is 3. The maximum Gasteiger partial charge on any atom is 0.389 e. The van der Waals surface area contributed by atoms with Gasteiger partial charge in [0.25, 0.3) is 0 Å². The smallest absolute Gasteiger partial charge is 0.389 e. The Morgan fingerprint density at radius 1 is 1.38 bits per heavy atom. The Morgan fingerprint density at radius 3 is 2.31 bits per heavy atom. The molecule has 1 rings (SSSR count). The van der Waals surface area contributed by atoms with Gasteiger partial charge in [-0.2, -0.15) is 13.2 Å². The van der Waals surface area contributed by atoms with Crippen LogP contribution in [0.4, 0.5) is 13.2 Å². The number of likely N-dealkylation sites (tertiary alicyclic amines) is 1. The Morgan fingerprint density at radius 2 is 1.94 bits per heavy atom. The largest absolute Gasteiger partial charge is 0.481 e. The molecule has 0 saturated carbocycles. The predicted molar refractivity (Wildman–Crippen MR) is 47.5 cm³/mol. The lowest BCUT2D eigenvalue weighted by Gasteiger charge is -2.16. The third-order valence-electron chi connectivity index (χ3n) is 2.70. The number of halogens is 3. The fourth-order valence-electron chi connectivity index (χ4n) is 1.91. The van der Waals surface area contributed by atoms with Crippen molar-refractivity contribution in [2.75, 3.05) is 13.1 Å². The highest BCUT2D eigenvalue weighted by Crippen LogP contribution is 2.34. The molecule has 1 aliphatic heterocycles. The summed E-state index contributed by atoms with van der Waals surface area (Å²) in [6, 6.07) is 0. The molecular formula is C9H12F3NO3. The van der Waals surface area contributed by atoms with E-state index in [0.717, 1.165) is 4.90 Å². The van der Waals surface area contributed by atoms with Gasteiger partial charge in [-0.1, -0.05) is 0 Å². The number of rotatable bonds is 2. The summed E-state index contributed by atoms with van der Waals surface area (Å²) in [5.74, 6) is -3.83. The Labute approximate surface area is 90.0 Å². The SMILES string of the molecule is CC(=O)N1C[C@@H](CC(F)(F)F)[C@H](C(=O)O)C1. The number of hydrogen-bond donors (Lipinski definition) is 1. The number of amides is 1. The summed E-state index contributed by atoms with van der Waals surface area (Å²) in [6.45, 7) is 0.950. The van der Waals surface area contributed by atoms with Crippen molar-refractivity contribution < 1.29 is 27.9 Å². The molecule has 0 aromatic heterocycles. The highest BCUT2D eigenvalue weighted by atomic mass is 19.4. The quantitative estimate of drug-likeness (QED) is 0.785. The fraction of sp³-hybridized carbons (Fsp3) is 0.778. The van der Waals surface area contributed by atoms with E-state index in [1.165, 1.54) is 6.92 Å². The van der Waals surface area contributed by atoms with Crippen molar-refractivity contribution in [3.8, 4) is 0 Å². The second kappa shape index (κ2) is 4.31. The molecule has 0 aromatic rings. The van der Waals surface area contributed by atoms with Crippen molar-refractivity contribution in [1.29, 1.82) is 0 Å². The molecule has 92 valence electrons. The molecule has 0 bridgehead atoms. The van der Waals surface area contributed by atoms with E-state index in [1.54, 1.807) is 0 Å². The van der Waals surface area contributed by atoms with Crippen molar-refractivity contribution in [2.24, 2.45) is 11.8 Å². The molecule has 7 heteroatoms. The molecule has 2 atom stereocenters. The summed E-state index contributed by atoms with van der Waals surface area (Å²) < 4.78 is 36.5. The molecule has 0 radical (unpaired) electrons. The van der Waals surface area contributed by atoms with Gasteiger partial charge < -0.3 is 10.0 Å². The minimum atomic E-state index is -4.40. The molecule has 0 unspecified atom stereocenters. The summed E-state index contributed by atoms with van der Waals surface area (Å²) in [5, 5.41) is 8.77. The molecule has 1 heterocycles. The molecule has 4 nitrogen and oxygen atoms in total. The zero-order valence-corrected chi connectivity index (χ0v) is 8.62. The molecule has 16 heavy (non-hydrogen) atoms. The molecule has 1 fully saturated rings. The van der Waals surface area contributed by atoms with Crippen LogP contribution in [-0.4, -0.2) is 41.1 Å².